The van der Waals surface area contributed by atoms with Crippen molar-refractivity contribution < 1.29 is 23.1 Å². The maximum absolute atomic E-state index is 13.0. The lowest BCUT2D eigenvalue weighted by molar-refractivity contribution is -0.140. The molecule has 1 saturated heterocycles. The Morgan fingerprint density at radius 1 is 1.25 bits per heavy atom. The summed E-state index contributed by atoms with van der Waals surface area (Å²) in [5.74, 6) is -1.41. The van der Waals surface area contributed by atoms with E-state index in [0.717, 1.165) is 4.31 Å². The molecule has 0 radical (unpaired) electrons. The number of benzene rings is 2. The number of carbonyl (C=O) groups excluding carboxylic acids is 1. The number of hydrogen-bond donors (Lipinski definition) is 2. The standard InChI is InChI=1S/C16H14N2O5S/c19-15-10-4-1-3-9-13(7-6-11(17-15)14(9)10)24(22,23)18-8-2-5-12(18)16(20)21/h1,3-4,6-7,12H,2,5,8H2,(H,17,19)(H,20,21)/t12-/m0/s1. The highest BCUT2D eigenvalue weighted by molar-refractivity contribution is 7.89. The largest absolute Gasteiger partial charge is 0.480 e. The van der Waals surface area contributed by atoms with Crippen molar-refractivity contribution in [1.29, 1.82) is 0 Å². The van der Waals surface area contributed by atoms with Crippen LogP contribution in [0.4, 0.5) is 5.69 Å². The molecule has 0 aromatic heterocycles. The van der Waals surface area contributed by atoms with Crippen molar-refractivity contribution in [3.63, 3.8) is 0 Å². The maximum atomic E-state index is 13.0. The zero-order chi connectivity index (χ0) is 17.1. The number of rotatable bonds is 3. The van der Waals surface area contributed by atoms with Crippen molar-refractivity contribution in [2.24, 2.45) is 0 Å². The van der Waals surface area contributed by atoms with E-state index < -0.39 is 22.0 Å². The van der Waals surface area contributed by atoms with Gasteiger partial charge in [-0.25, -0.2) is 8.42 Å². The van der Waals surface area contributed by atoms with Gasteiger partial charge in [0.15, 0.2) is 0 Å². The van der Waals surface area contributed by atoms with Crippen LogP contribution in [0, 0.1) is 0 Å². The molecule has 2 aromatic rings. The van der Waals surface area contributed by atoms with Crippen LogP contribution in [0.25, 0.3) is 10.8 Å². The summed E-state index contributed by atoms with van der Waals surface area (Å²) in [6.07, 6.45) is 0.813. The van der Waals surface area contributed by atoms with Crippen LogP contribution in [0.1, 0.15) is 23.2 Å². The van der Waals surface area contributed by atoms with Crippen molar-refractivity contribution in [3.05, 3.63) is 35.9 Å². The minimum Gasteiger partial charge on any atom is -0.480 e. The summed E-state index contributed by atoms with van der Waals surface area (Å²) in [5, 5.41) is 13.0. The van der Waals surface area contributed by atoms with E-state index in [1.165, 1.54) is 6.07 Å². The van der Waals surface area contributed by atoms with Crippen molar-refractivity contribution >= 4 is 38.4 Å². The molecule has 0 saturated carbocycles. The van der Waals surface area contributed by atoms with E-state index >= 15 is 0 Å². The van der Waals surface area contributed by atoms with Gasteiger partial charge in [-0.3, -0.25) is 9.59 Å². The minimum atomic E-state index is -3.97. The van der Waals surface area contributed by atoms with Crippen LogP contribution in [0.5, 0.6) is 0 Å². The molecule has 24 heavy (non-hydrogen) atoms. The Morgan fingerprint density at radius 3 is 2.79 bits per heavy atom. The molecule has 0 spiro atoms. The van der Waals surface area contributed by atoms with E-state index in [4.69, 9.17) is 0 Å². The Hall–Kier alpha value is -2.45. The number of hydrogen-bond acceptors (Lipinski definition) is 4. The number of aliphatic carboxylic acids is 1. The van der Waals surface area contributed by atoms with Crippen LogP contribution >= 0.6 is 0 Å². The van der Waals surface area contributed by atoms with Crippen molar-refractivity contribution in [2.75, 3.05) is 11.9 Å². The van der Waals surface area contributed by atoms with Crippen LogP contribution in [0.2, 0.25) is 0 Å². The van der Waals surface area contributed by atoms with Crippen LogP contribution < -0.4 is 5.32 Å². The quantitative estimate of drug-likeness (QED) is 0.879. The first-order chi connectivity index (χ1) is 11.4. The smallest absolute Gasteiger partial charge is 0.322 e. The van der Waals surface area contributed by atoms with Gasteiger partial charge in [-0.05, 0) is 31.0 Å². The summed E-state index contributed by atoms with van der Waals surface area (Å²) in [6.45, 7) is 0.180. The topological polar surface area (TPSA) is 104 Å². The maximum Gasteiger partial charge on any atom is 0.322 e. The molecule has 4 rings (SSSR count). The fraction of sp³-hybridized carbons (Fsp3) is 0.250. The lowest BCUT2D eigenvalue weighted by atomic mass is 10.1. The van der Waals surface area contributed by atoms with E-state index in [9.17, 15) is 23.1 Å². The van der Waals surface area contributed by atoms with Gasteiger partial charge >= 0.3 is 5.97 Å². The molecule has 8 heteroatoms. The predicted molar refractivity (Wildman–Crippen MR) is 86.5 cm³/mol. The third kappa shape index (κ3) is 1.96. The van der Waals surface area contributed by atoms with Crippen molar-refractivity contribution in [1.82, 2.24) is 4.31 Å². The monoisotopic (exact) mass is 346 g/mol. The fourth-order valence-electron chi connectivity index (χ4n) is 3.49. The van der Waals surface area contributed by atoms with Gasteiger partial charge in [0.25, 0.3) is 5.91 Å². The molecule has 1 amide bonds. The van der Waals surface area contributed by atoms with Gasteiger partial charge in [0.2, 0.25) is 10.0 Å². The normalized spacial score (nSPS) is 20.5. The number of carboxylic acid groups (broad SMARTS) is 1. The molecule has 0 unspecified atom stereocenters. The third-order valence-corrected chi connectivity index (χ3v) is 6.54. The molecule has 2 aliphatic rings. The number of amides is 1. The number of carbonyl (C=O) groups is 2. The predicted octanol–water partition coefficient (Wildman–Crippen LogP) is 1.64. The Labute approximate surface area is 137 Å². The van der Waals surface area contributed by atoms with Crippen LogP contribution in [0.3, 0.4) is 0 Å². The average Bonchev–Trinajstić information content (AvgIpc) is 3.15. The van der Waals surface area contributed by atoms with Crippen LogP contribution in [-0.2, 0) is 14.8 Å². The molecule has 2 N–H and O–H groups in total. The van der Waals surface area contributed by atoms with Gasteiger partial charge in [-0.15, -0.1) is 0 Å². The second kappa shape index (κ2) is 5.02. The Morgan fingerprint density at radius 2 is 2.04 bits per heavy atom. The number of nitrogens with one attached hydrogen (secondary N) is 1. The van der Waals surface area contributed by atoms with Crippen LogP contribution in [-0.4, -0.2) is 42.3 Å². The number of nitrogens with zero attached hydrogens (tertiary/aromatic N) is 1. The molecule has 1 atom stereocenters. The van der Waals surface area contributed by atoms with Crippen LogP contribution in [0.15, 0.2) is 35.2 Å². The highest BCUT2D eigenvalue weighted by Crippen LogP contribution is 2.38. The molecule has 2 aromatic carbocycles. The van der Waals surface area contributed by atoms with E-state index in [2.05, 4.69) is 5.32 Å². The second-order valence-electron chi connectivity index (χ2n) is 5.91. The number of sulfonamides is 1. The summed E-state index contributed by atoms with van der Waals surface area (Å²) in [6, 6.07) is 6.85. The van der Waals surface area contributed by atoms with Gasteiger partial charge in [-0.1, -0.05) is 12.1 Å². The number of carboxylic acids is 1. The third-order valence-electron chi connectivity index (χ3n) is 4.57. The lowest BCUT2D eigenvalue weighted by Gasteiger charge is -2.22. The molecule has 124 valence electrons. The van der Waals surface area contributed by atoms with Gasteiger partial charge in [0.1, 0.15) is 6.04 Å². The Balaban J connectivity index is 1.93. The van der Waals surface area contributed by atoms with Gasteiger partial charge in [-0.2, -0.15) is 4.31 Å². The van der Waals surface area contributed by atoms with E-state index in [-0.39, 0.29) is 17.3 Å². The zero-order valence-corrected chi connectivity index (χ0v) is 13.3. The minimum absolute atomic E-state index is 0.0350. The molecule has 1 fully saturated rings. The average molecular weight is 346 g/mol. The first-order valence-corrected chi connectivity index (χ1v) is 8.97. The van der Waals surface area contributed by atoms with Crippen molar-refractivity contribution in [3.8, 4) is 0 Å². The van der Waals surface area contributed by atoms with E-state index in [1.807, 2.05) is 0 Å². The molecule has 2 heterocycles. The highest BCUT2D eigenvalue weighted by atomic mass is 32.2. The van der Waals surface area contributed by atoms with Gasteiger partial charge < -0.3 is 10.4 Å². The lowest BCUT2D eigenvalue weighted by Crippen LogP contribution is -2.40. The summed E-state index contributed by atoms with van der Waals surface area (Å²) in [7, 11) is -3.97. The first kappa shape index (κ1) is 15.1. The molecule has 0 aliphatic carbocycles. The molecule has 7 nitrogen and oxygen atoms in total. The summed E-state index contributed by atoms with van der Waals surface area (Å²) < 4.78 is 27.1. The van der Waals surface area contributed by atoms with Gasteiger partial charge in [0, 0.05) is 28.6 Å². The summed E-state index contributed by atoms with van der Waals surface area (Å²) in [5.41, 5.74) is 0.997. The van der Waals surface area contributed by atoms with Gasteiger partial charge in [0.05, 0.1) is 4.90 Å². The Kier molecular flexibility index (Phi) is 3.16. The summed E-state index contributed by atoms with van der Waals surface area (Å²) in [4.78, 5) is 23.3. The Bertz CT molecular complexity index is 999. The van der Waals surface area contributed by atoms with E-state index in [0.29, 0.717) is 34.9 Å². The fourth-order valence-corrected chi connectivity index (χ4v) is 5.33. The zero-order valence-electron chi connectivity index (χ0n) is 12.5. The highest BCUT2D eigenvalue weighted by Gasteiger charge is 2.40. The molecular formula is C16H14N2O5S. The molecule has 2 aliphatic heterocycles. The summed E-state index contributed by atoms with van der Waals surface area (Å²) >= 11 is 0. The van der Waals surface area contributed by atoms with E-state index in [1.54, 1.807) is 24.3 Å². The molecular weight excluding hydrogens is 332 g/mol. The molecule has 0 bridgehead atoms. The SMILES string of the molecule is O=C1Nc2ccc(S(=O)(=O)N3CCC[C@H]3C(=O)O)c3cccc1c23. The number of anilines is 1. The first-order valence-electron chi connectivity index (χ1n) is 7.53. The second-order valence-corrected chi connectivity index (χ2v) is 7.76. The van der Waals surface area contributed by atoms with Crippen molar-refractivity contribution in [2.45, 2.75) is 23.8 Å².